The lowest BCUT2D eigenvalue weighted by atomic mass is 10.1. The molecule has 9 nitrogen and oxygen atoms in total. The van der Waals surface area contributed by atoms with Gasteiger partial charge in [0.05, 0.1) is 18.3 Å². The second-order valence-electron chi connectivity index (χ2n) is 5.47. The van der Waals surface area contributed by atoms with E-state index in [9.17, 15) is 14.4 Å². The summed E-state index contributed by atoms with van der Waals surface area (Å²) >= 11 is 0. The number of hydrogen-bond acceptors (Lipinski definition) is 6. The minimum Gasteiger partial charge on any atom is -0.478 e. The number of amides is 2. The molecule has 0 aliphatic carbocycles. The second-order valence-corrected chi connectivity index (χ2v) is 5.47. The van der Waals surface area contributed by atoms with Crippen LogP contribution in [0.1, 0.15) is 26.3 Å². The van der Waals surface area contributed by atoms with Crippen LogP contribution in [0.15, 0.2) is 47.6 Å². The van der Waals surface area contributed by atoms with Crippen molar-refractivity contribution in [2.75, 3.05) is 13.3 Å². The van der Waals surface area contributed by atoms with Crippen molar-refractivity contribution in [2.24, 2.45) is 5.10 Å². The third-order valence-electron chi connectivity index (χ3n) is 3.60. The maximum absolute atomic E-state index is 12.1. The van der Waals surface area contributed by atoms with Gasteiger partial charge in [-0.05, 0) is 35.9 Å². The number of nitrogens with one attached hydrogen (secondary N) is 2. The fourth-order valence-electron chi connectivity index (χ4n) is 2.23. The Kier molecular flexibility index (Phi) is 5.31. The standard InChI is InChI=1S/C18H15N3O6/c22-16(21-20-8-11-1-3-12(4-2-11)18(24)25)9-19-17(23)13-5-6-14-15(7-13)27-10-26-14/h1-8H,9-10H2,(H,19,23)(H,21,22)(H,24,25). The number of ether oxygens (including phenoxy) is 2. The molecule has 2 aromatic carbocycles. The Morgan fingerprint density at radius 1 is 1.04 bits per heavy atom. The van der Waals surface area contributed by atoms with Crippen LogP contribution >= 0.6 is 0 Å². The van der Waals surface area contributed by atoms with Crippen LogP contribution in [0.3, 0.4) is 0 Å². The molecule has 9 heteroatoms. The first-order chi connectivity index (χ1) is 13.0. The Hall–Kier alpha value is -3.88. The molecule has 1 heterocycles. The van der Waals surface area contributed by atoms with Crippen LogP contribution in [0.5, 0.6) is 11.5 Å². The number of aromatic carboxylic acids is 1. The van der Waals surface area contributed by atoms with E-state index in [0.29, 0.717) is 22.6 Å². The van der Waals surface area contributed by atoms with Crippen molar-refractivity contribution in [1.29, 1.82) is 0 Å². The monoisotopic (exact) mass is 369 g/mol. The lowest BCUT2D eigenvalue weighted by Gasteiger charge is -2.05. The molecule has 3 rings (SSSR count). The molecule has 138 valence electrons. The van der Waals surface area contributed by atoms with Crippen LogP contribution < -0.4 is 20.2 Å². The van der Waals surface area contributed by atoms with Gasteiger partial charge in [0.2, 0.25) is 6.79 Å². The van der Waals surface area contributed by atoms with Crippen molar-refractivity contribution in [3.63, 3.8) is 0 Å². The Morgan fingerprint density at radius 2 is 1.74 bits per heavy atom. The Labute approximate surface area is 153 Å². The molecule has 27 heavy (non-hydrogen) atoms. The van der Waals surface area contributed by atoms with Gasteiger partial charge in [-0.25, -0.2) is 10.2 Å². The summed E-state index contributed by atoms with van der Waals surface area (Å²) in [5.41, 5.74) is 3.38. The number of carboxylic acids is 1. The van der Waals surface area contributed by atoms with Crippen LogP contribution in [-0.4, -0.2) is 42.4 Å². The number of hydrazone groups is 1. The van der Waals surface area contributed by atoms with E-state index in [-0.39, 0.29) is 18.9 Å². The van der Waals surface area contributed by atoms with Gasteiger partial charge in [-0.15, -0.1) is 0 Å². The number of carbonyl (C=O) groups is 3. The molecule has 0 spiro atoms. The SMILES string of the molecule is O=C(CNC(=O)c1ccc2c(c1)OCO2)NN=Cc1ccc(C(=O)O)cc1. The largest absolute Gasteiger partial charge is 0.478 e. The number of fused-ring (bicyclic) bond motifs is 1. The van der Waals surface area contributed by atoms with Crippen molar-refractivity contribution >= 4 is 24.0 Å². The van der Waals surface area contributed by atoms with Gasteiger partial charge in [0.25, 0.3) is 11.8 Å². The zero-order valence-corrected chi connectivity index (χ0v) is 14.0. The first-order valence-electron chi connectivity index (χ1n) is 7.86. The van der Waals surface area contributed by atoms with E-state index >= 15 is 0 Å². The predicted molar refractivity (Wildman–Crippen MR) is 94.0 cm³/mol. The van der Waals surface area contributed by atoms with Crippen LogP contribution in [0.4, 0.5) is 0 Å². The zero-order valence-electron chi connectivity index (χ0n) is 14.0. The zero-order chi connectivity index (χ0) is 19.2. The number of benzene rings is 2. The minimum absolute atomic E-state index is 0.111. The Balaban J connectivity index is 1.46. The molecular weight excluding hydrogens is 354 g/mol. The summed E-state index contributed by atoms with van der Waals surface area (Å²) in [4.78, 5) is 34.6. The van der Waals surface area contributed by atoms with E-state index in [2.05, 4.69) is 15.8 Å². The fraction of sp³-hybridized carbons (Fsp3) is 0.111. The third kappa shape index (κ3) is 4.60. The molecule has 2 amide bonds. The third-order valence-corrected chi connectivity index (χ3v) is 3.60. The predicted octanol–water partition coefficient (Wildman–Crippen LogP) is 0.994. The molecule has 0 radical (unpaired) electrons. The van der Waals surface area contributed by atoms with Gasteiger partial charge in [-0.2, -0.15) is 5.10 Å². The summed E-state index contributed by atoms with van der Waals surface area (Å²) in [5.74, 6) is -0.926. The van der Waals surface area contributed by atoms with Gasteiger partial charge >= 0.3 is 5.97 Å². The number of hydrogen-bond donors (Lipinski definition) is 3. The van der Waals surface area contributed by atoms with Crippen molar-refractivity contribution in [1.82, 2.24) is 10.7 Å². The summed E-state index contributed by atoms with van der Waals surface area (Å²) in [5, 5.41) is 15.0. The first-order valence-corrected chi connectivity index (χ1v) is 7.86. The summed E-state index contributed by atoms with van der Waals surface area (Å²) in [6.45, 7) is -0.150. The lowest BCUT2D eigenvalue weighted by Crippen LogP contribution is -2.34. The molecule has 0 saturated carbocycles. The summed E-state index contributed by atoms with van der Waals surface area (Å²) < 4.78 is 10.4. The van der Waals surface area contributed by atoms with Gasteiger partial charge < -0.3 is 19.9 Å². The molecule has 2 aromatic rings. The lowest BCUT2D eigenvalue weighted by molar-refractivity contribution is -0.120. The quantitative estimate of drug-likeness (QED) is 0.515. The normalized spacial score (nSPS) is 12.0. The summed E-state index contributed by atoms with van der Waals surface area (Å²) in [6, 6.07) is 10.7. The molecule has 1 aliphatic rings. The molecule has 1 aliphatic heterocycles. The van der Waals surface area contributed by atoms with Crippen molar-refractivity contribution in [3.05, 3.63) is 59.2 Å². The van der Waals surface area contributed by atoms with Crippen LogP contribution in [0.25, 0.3) is 0 Å². The van der Waals surface area contributed by atoms with Gasteiger partial charge in [0.1, 0.15) is 0 Å². The van der Waals surface area contributed by atoms with E-state index in [4.69, 9.17) is 14.6 Å². The smallest absolute Gasteiger partial charge is 0.335 e. The van der Waals surface area contributed by atoms with Crippen molar-refractivity contribution in [3.8, 4) is 11.5 Å². The molecule has 0 unspecified atom stereocenters. The van der Waals surface area contributed by atoms with Gasteiger partial charge in [0, 0.05) is 5.56 Å². The van der Waals surface area contributed by atoms with Crippen LogP contribution in [-0.2, 0) is 4.79 Å². The van der Waals surface area contributed by atoms with E-state index < -0.39 is 17.8 Å². The highest BCUT2D eigenvalue weighted by Gasteiger charge is 2.16. The van der Waals surface area contributed by atoms with Crippen LogP contribution in [0.2, 0.25) is 0 Å². The van der Waals surface area contributed by atoms with Gasteiger partial charge in [-0.3, -0.25) is 9.59 Å². The van der Waals surface area contributed by atoms with E-state index in [1.54, 1.807) is 24.3 Å². The highest BCUT2D eigenvalue weighted by atomic mass is 16.7. The average Bonchev–Trinajstić information content (AvgIpc) is 3.14. The maximum Gasteiger partial charge on any atom is 0.335 e. The average molecular weight is 369 g/mol. The second kappa shape index (κ2) is 8.00. The molecule has 0 saturated heterocycles. The maximum atomic E-state index is 12.1. The van der Waals surface area contributed by atoms with Gasteiger partial charge in [-0.1, -0.05) is 12.1 Å². The number of carboxylic acid groups (broad SMARTS) is 1. The van der Waals surface area contributed by atoms with Crippen LogP contribution in [0, 0.1) is 0 Å². The molecule has 0 atom stereocenters. The fourth-order valence-corrected chi connectivity index (χ4v) is 2.23. The molecular formula is C18H15N3O6. The Bertz CT molecular complexity index is 908. The molecule has 0 bridgehead atoms. The highest BCUT2D eigenvalue weighted by Crippen LogP contribution is 2.32. The van der Waals surface area contributed by atoms with Gasteiger partial charge in [0.15, 0.2) is 11.5 Å². The minimum atomic E-state index is -1.02. The van der Waals surface area contributed by atoms with E-state index in [1.165, 1.54) is 24.4 Å². The first kappa shape index (κ1) is 17.9. The number of rotatable bonds is 6. The van der Waals surface area contributed by atoms with E-state index in [0.717, 1.165) is 0 Å². The number of nitrogens with zero attached hydrogens (tertiary/aromatic N) is 1. The summed E-state index contributed by atoms with van der Waals surface area (Å²) in [6.07, 6.45) is 1.36. The van der Waals surface area contributed by atoms with Crippen molar-refractivity contribution in [2.45, 2.75) is 0 Å². The topological polar surface area (TPSA) is 126 Å². The highest BCUT2D eigenvalue weighted by molar-refractivity contribution is 5.97. The molecule has 0 aromatic heterocycles. The van der Waals surface area contributed by atoms with E-state index in [1.807, 2.05) is 0 Å². The Morgan fingerprint density at radius 3 is 2.48 bits per heavy atom. The molecule has 3 N–H and O–H groups in total. The van der Waals surface area contributed by atoms with Crippen molar-refractivity contribution < 1.29 is 29.0 Å². The molecule has 0 fully saturated rings. The number of carbonyl (C=O) groups excluding carboxylic acids is 2. The summed E-state index contributed by atoms with van der Waals surface area (Å²) in [7, 11) is 0.